The van der Waals surface area contributed by atoms with E-state index in [4.69, 9.17) is 10.00 Å². The van der Waals surface area contributed by atoms with Crippen LogP contribution >= 0.6 is 0 Å². The number of methoxy groups -OCH3 is 1. The van der Waals surface area contributed by atoms with Gasteiger partial charge in [0.1, 0.15) is 6.07 Å². The molecule has 0 aliphatic rings. The van der Waals surface area contributed by atoms with E-state index in [2.05, 4.69) is 6.07 Å². The standard InChI is InChI=1S/C14H18N2O3/c1-10(17)11-4-5-12(7-15)14(6-11)16(2)8-13(18)9-19-3/h4-6,13,18H,8-9H2,1-3H3. The van der Waals surface area contributed by atoms with Crippen molar-refractivity contribution < 1.29 is 14.6 Å². The van der Waals surface area contributed by atoms with Crippen molar-refractivity contribution in [1.82, 2.24) is 0 Å². The van der Waals surface area contributed by atoms with E-state index in [-0.39, 0.29) is 12.4 Å². The van der Waals surface area contributed by atoms with E-state index in [1.165, 1.54) is 14.0 Å². The lowest BCUT2D eigenvalue weighted by Gasteiger charge is -2.23. The van der Waals surface area contributed by atoms with Crippen molar-refractivity contribution in [2.75, 3.05) is 32.2 Å². The molecule has 0 heterocycles. The zero-order chi connectivity index (χ0) is 14.4. The molecular formula is C14H18N2O3. The minimum absolute atomic E-state index is 0.0587. The lowest BCUT2D eigenvalue weighted by molar-refractivity contribution is 0.0695. The van der Waals surface area contributed by atoms with Gasteiger partial charge in [-0.2, -0.15) is 5.26 Å². The summed E-state index contributed by atoms with van der Waals surface area (Å²) in [4.78, 5) is 13.1. The molecule has 0 spiro atoms. The van der Waals surface area contributed by atoms with Crippen molar-refractivity contribution in [1.29, 1.82) is 5.26 Å². The number of aliphatic hydroxyl groups is 1. The number of anilines is 1. The summed E-state index contributed by atoms with van der Waals surface area (Å²) in [5.41, 5.74) is 1.64. The van der Waals surface area contributed by atoms with Gasteiger partial charge in [0.25, 0.3) is 0 Å². The zero-order valence-electron chi connectivity index (χ0n) is 11.4. The maximum atomic E-state index is 11.4. The van der Waals surface area contributed by atoms with Crippen LogP contribution in [0.1, 0.15) is 22.8 Å². The molecule has 0 saturated carbocycles. The third-order valence-corrected chi connectivity index (χ3v) is 2.78. The summed E-state index contributed by atoms with van der Waals surface area (Å²) in [7, 11) is 3.28. The van der Waals surface area contributed by atoms with Crippen LogP contribution in [-0.2, 0) is 4.74 Å². The van der Waals surface area contributed by atoms with Gasteiger partial charge in [-0.05, 0) is 25.1 Å². The Bertz CT molecular complexity index is 494. The Morgan fingerprint density at radius 1 is 1.58 bits per heavy atom. The van der Waals surface area contributed by atoms with Crippen molar-refractivity contribution >= 4 is 11.5 Å². The van der Waals surface area contributed by atoms with Gasteiger partial charge in [-0.1, -0.05) is 0 Å². The highest BCUT2D eigenvalue weighted by molar-refractivity contribution is 5.95. The lowest BCUT2D eigenvalue weighted by atomic mass is 10.1. The smallest absolute Gasteiger partial charge is 0.159 e. The Hall–Kier alpha value is -1.90. The molecule has 1 aromatic carbocycles. The highest BCUT2D eigenvalue weighted by Gasteiger charge is 2.13. The Balaban J connectivity index is 2.99. The van der Waals surface area contributed by atoms with Gasteiger partial charge >= 0.3 is 0 Å². The van der Waals surface area contributed by atoms with E-state index in [0.717, 1.165) is 0 Å². The van der Waals surface area contributed by atoms with Crippen LogP contribution in [0.25, 0.3) is 0 Å². The number of nitriles is 1. The summed E-state index contributed by atoms with van der Waals surface area (Å²) >= 11 is 0. The monoisotopic (exact) mass is 262 g/mol. The highest BCUT2D eigenvalue weighted by Crippen LogP contribution is 2.21. The first-order chi connectivity index (χ1) is 8.99. The molecule has 0 aliphatic heterocycles. The van der Waals surface area contributed by atoms with Crippen molar-refractivity contribution in [2.24, 2.45) is 0 Å². The van der Waals surface area contributed by atoms with E-state index in [1.807, 2.05) is 0 Å². The topological polar surface area (TPSA) is 73.6 Å². The molecule has 1 N–H and O–H groups in total. The van der Waals surface area contributed by atoms with Gasteiger partial charge in [0, 0.05) is 26.3 Å². The fourth-order valence-electron chi connectivity index (χ4n) is 1.82. The third-order valence-electron chi connectivity index (χ3n) is 2.78. The predicted molar refractivity (Wildman–Crippen MR) is 72.3 cm³/mol. The van der Waals surface area contributed by atoms with Crippen molar-refractivity contribution in [3.8, 4) is 6.07 Å². The summed E-state index contributed by atoms with van der Waals surface area (Å²) in [6.45, 7) is 2.02. The molecular weight excluding hydrogens is 244 g/mol. The molecule has 1 unspecified atom stereocenters. The number of hydrogen-bond acceptors (Lipinski definition) is 5. The van der Waals surface area contributed by atoms with Crippen LogP contribution in [0.5, 0.6) is 0 Å². The second-order valence-electron chi connectivity index (χ2n) is 4.39. The van der Waals surface area contributed by atoms with E-state index >= 15 is 0 Å². The minimum Gasteiger partial charge on any atom is -0.389 e. The molecule has 0 fully saturated rings. The molecule has 0 amide bonds. The van der Waals surface area contributed by atoms with Crippen LogP contribution in [0, 0.1) is 11.3 Å². The Labute approximate surface area is 113 Å². The SMILES string of the molecule is COCC(O)CN(C)c1cc(C(C)=O)ccc1C#N. The fourth-order valence-corrected chi connectivity index (χ4v) is 1.82. The largest absolute Gasteiger partial charge is 0.389 e. The van der Waals surface area contributed by atoms with Crippen LogP contribution in [0.2, 0.25) is 0 Å². The number of aliphatic hydroxyl groups excluding tert-OH is 1. The average Bonchev–Trinajstić information content (AvgIpc) is 2.37. The minimum atomic E-state index is -0.650. The number of carbonyl (C=O) groups excluding carboxylic acids is 1. The highest BCUT2D eigenvalue weighted by atomic mass is 16.5. The molecule has 0 saturated heterocycles. The first kappa shape index (κ1) is 15.2. The Morgan fingerprint density at radius 2 is 2.26 bits per heavy atom. The summed E-state index contributed by atoms with van der Waals surface area (Å²) in [6.07, 6.45) is -0.650. The molecule has 0 radical (unpaired) electrons. The molecule has 102 valence electrons. The number of carbonyl (C=O) groups is 1. The molecule has 19 heavy (non-hydrogen) atoms. The number of likely N-dealkylation sites (N-methyl/N-ethyl adjacent to an activating group) is 1. The number of rotatable bonds is 6. The number of Topliss-reactive ketones (excluding diaryl/α,β-unsaturated/α-hetero) is 1. The van der Waals surface area contributed by atoms with Gasteiger partial charge in [-0.25, -0.2) is 0 Å². The summed E-state index contributed by atoms with van der Waals surface area (Å²) in [5, 5.41) is 18.8. The van der Waals surface area contributed by atoms with Crippen LogP contribution in [-0.4, -0.2) is 44.3 Å². The van der Waals surface area contributed by atoms with Gasteiger partial charge in [-0.15, -0.1) is 0 Å². The number of ketones is 1. The second kappa shape index (κ2) is 6.88. The molecule has 5 heteroatoms. The first-order valence-corrected chi connectivity index (χ1v) is 5.92. The van der Waals surface area contributed by atoms with E-state index in [9.17, 15) is 9.90 Å². The number of hydrogen-bond donors (Lipinski definition) is 1. The zero-order valence-corrected chi connectivity index (χ0v) is 11.4. The van der Waals surface area contributed by atoms with E-state index < -0.39 is 6.10 Å². The van der Waals surface area contributed by atoms with Gasteiger partial charge in [-0.3, -0.25) is 4.79 Å². The van der Waals surface area contributed by atoms with Gasteiger partial charge in [0.2, 0.25) is 0 Å². The van der Waals surface area contributed by atoms with Crippen molar-refractivity contribution in [3.05, 3.63) is 29.3 Å². The van der Waals surface area contributed by atoms with E-state index in [0.29, 0.717) is 23.4 Å². The van der Waals surface area contributed by atoms with Crippen LogP contribution in [0.3, 0.4) is 0 Å². The van der Waals surface area contributed by atoms with Crippen molar-refractivity contribution in [2.45, 2.75) is 13.0 Å². The molecule has 1 rings (SSSR count). The Morgan fingerprint density at radius 3 is 2.79 bits per heavy atom. The average molecular weight is 262 g/mol. The van der Waals surface area contributed by atoms with Gasteiger partial charge in [0.15, 0.2) is 5.78 Å². The van der Waals surface area contributed by atoms with Gasteiger partial charge < -0.3 is 14.7 Å². The summed E-state index contributed by atoms with van der Waals surface area (Å²) < 4.78 is 4.86. The van der Waals surface area contributed by atoms with Crippen LogP contribution in [0.4, 0.5) is 5.69 Å². The maximum absolute atomic E-state index is 11.4. The molecule has 1 atom stereocenters. The molecule has 5 nitrogen and oxygen atoms in total. The quantitative estimate of drug-likeness (QED) is 0.780. The number of ether oxygens (including phenoxy) is 1. The summed E-state index contributed by atoms with van der Waals surface area (Å²) in [5.74, 6) is -0.0587. The van der Waals surface area contributed by atoms with Crippen LogP contribution in [0.15, 0.2) is 18.2 Å². The molecule has 0 bridgehead atoms. The molecule has 1 aromatic rings. The van der Waals surface area contributed by atoms with E-state index in [1.54, 1.807) is 30.1 Å². The first-order valence-electron chi connectivity index (χ1n) is 5.92. The van der Waals surface area contributed by atoms with Crippen LogP contribution < -0.4 is 4.90 Å². The second-order valence-corrected chi connectivity index (χ2v) is 4.39. The lowest BCUT2D eigenvalue weighted by Crippen LogP contribution is -2.32. The summed E-state index contributed by atoms with van der Waals surface area (Å²) in [6, 6.07) is 6.99. The molecule has 0 aliphatic carbocycles. The third kappa shape index (κ3) is 4.05. The molecule has 0 aromatic heterocycles. The fraction of sp³-hybridized carbons (Fsp3) is 0.429. The van der Waals surface area contributed by atoms with Gasteiger partial charge in [0.05, 0.1) is 24.0 Å². The normalized spacial score (nSPS) is 11.7. The predicted octanol–water partition coefficient (Wildman–Crippen LogP) is 1.20. The van der Waals surface area contributed by atoms with Crippen molar-refractivity contribution in [3.63, 3.8) is 0 Å². The maximum Gasteiger partial charge on any atom is 0.159 e. The number of nitrogens with zero attached hydrogens (tertiary/aromatic N) is 2. The Kier molecular flexibility index (Phi) is 5.49. The number of benzene rings is 1.